The van der Waals surface area contributed by atoms with Gasteiger partial charge in [-0.2, -0.15) is 0 Å². The maximum Gasteiger partial charge on any atom is 0.264 e. The number of carbonyl (C=O) groups excluding carboxylic acids is 2. The lowest BCUT2D eigenvalue weighted by molar-refractivity contribution is 0.0751. The van der Waals surface area contributed by atoms with Crippen LogP contribution in [0, 0.1) is 6.92 Å². The maximum absolute atomic E-state index is 12.5. The minimum absolute atomic E-state index is 0.112. The zero-order valence-electron chi connectivity index (χ0n) is 17.7. The largest absolute Gasteiger partial charge is 0.368 e. The van der Waals surface area contributed by atoms with Crippen LogP contribution in [-0.2, 0) is 0 Å². The quantitative estimate of drug-likeness (QED) is 0.568. The van der Waals surface area contributed by atoms with Gasteiger partial charge in [-0.1, -0.05) is 23.8 Å². The highest BCUT2D eigenvalue weighted by Crippen LogP contribution is 2.21. The minimum atomic E-state index is -0.238. The Balaban J connectivity index is 1.28. The average molecular weight is 465 g/mol. The van der Waals surface area contributed by atoms with Crippen LogP contribution in [-0.4, -0.2) is 48.0 Å². The topological polar surface area (TPSA) is 64.7 Å². The molecule has 164 valence electrons. The van der Waals surface area contributed by atoms with E-state index in [0.717, 1.165) is 34.9 Å². The number of benzene rings is 2. The van der Waals surface area contributed by atoms with E-state index in [1.807, 2.05) is 71.8 Å². The summed E-state index contributed by atoms with van der Waals surface area (Å²) in [4.78, 5) is 29.8. The van der Waals surface area contributed by atoms with Crippen LogP contribution in [0.2, 0.25) is 0 Å². The molecule has 4 rings (SSSR count). The Labute approximate surface area is 196 Å². The summed E-state index contributed by atoms with van der Waals surface area (Å²) in [6.45, 7) is 4.91. The van der Waals surface area contributed by atoms with Crippen LogP contribution >= 0.6 is 23.6 Å². The van der Waals surface area contributed by atoms with Crippen molar-refractivity contribution in [2.24, 2.45) is 0 Å². The van der Waals surface area contributed by atoms with Crippen molar-refractivity contribution in [3.8, 4) is 0 Å². The lowest BCUT2D eigenvalue weighted by atomic mass is 10.1. The predicted molar refractivity (Wildman–Crippen MR) is 134 cm³/mol. The van der Waals surface area contributed by atoms with Gasteiger partial charge in [-0.25, -0.2) is 0 Å². The van der Waals surface area contributed by atoms with E-state index in [-0.39, 0.29) is 16.9 Å². The van der Waals surface area contributed by atoms with Crippen LogP contribution < -0.4 is 15.5 Å². The number of aryl methyl sites for hydroxylation is 1. The lowest BCUT2D eigenvalue weighted by Gasteiger charge is -2.36. The third kappa shape index (κ3) is 5.33. The van der Waals surface area contributed by atoms with Crippen LogP contribution in [0.5, 0.6) is 0 Å². The van der Waals surface area contributed by atoms with Crippen molar-refractivity contribution < 1.29 is 9.59 Å². The number of rotatable bonds is 4. The number of carbonyl (C=O) groups is 2. The van der Waals surface area contributed by atoms with Crippen molar-refractivity contribution in [3.05, 3.63) is 82.0 Å². The normalized spacial score (nSPS) is 13.5. The number of amides is 2. The Bertz CT molecular complexity index is 1110. The molecule has 0 unspecified atom stereocenters. The van der Waals surface area contributed by atoms with E-state index in [4.69, 9.17) is 12.2 Å². The Morgan fingerprint density at radius 2 is 1.72 bits per heavy atom. The molecular formula is C24H24N4O2S2. The molecule has 2 amide bonds. The van der Waals surface area contributed by atoms with E-state index in [1.54, 1.807) is 6.07 Å². The molecule has 0 spiro atoms. The van der Waals surface area contributed by atoms with Gasteiger partial charge in [0, 0.05) is 43.1 Å². The number of nitrogens with zero attached hydrogens (tertiary/aromatic N) is 2. The fourth-order valence-corrected chi connectivity index (χ4v) is 4.50. The molecule has 1 aliphatic rings. The highest BCUT2D eigenvalue weighted by molar-refractivity contribution is 7.80. The summed E-state index contributed by atoms with van der Waals surface area (Å²) in [5.41, 5.74) is 3.48. The molecule has 0 saturated carbocycles. The van der Waals surface area contributed by atoms with Gasteiger partial charge in [-0.05, 0) is 67.0 Å². The third-order valence-corrected chi connectivity index (χ3v) is 6.36. The maximum atomic E-state index is 12.5. The van der Waals surface area contributed by atoms with Crippen LogP contribution in [0.25, 0.3) is 0 Å². The van der Waals surface area contributed by atoms with Crippen LogP contribution in [0.1, 0.15) is 25.6 Å². The van der Waals surface area contributed by atoms with Crippen molar-refractivity contribution >= 4 is 51.9 Å². The van der Waals surface area contributed by atoms with Gasteiger partial charge < -0.3 is 15.1 Å². The first kappa shape index (κ1) is 22.0. The highest BCUT2D eigenvalue weighted by Gasteiger charge is 2.22. The van der Waals surface area contributed by atoms with Crippen molar-refractivity contribution in [2.75, 3.05) is 36.4 Å². The van der Waals surface area contributed by atoms with Gasteiger partial charge in [-0.15, -0.1) is 11.3 Å². The second-order valence-electron chi connectivity index (χ2n) is 7.58. The molecule has 6 nitrogen and oxygen atoms in total. The summed E-state index contributed by atoms with van der Waals surface area (Å²) in [6, 6.07) is 19.0. The molecule has 2 aromatic carbocycles. The van der Waals surface area contributed by atoms with Crippen LogP contribution in [0.3, 0.4) is 0 Å². The zero-order valence-corrected chi connectivity index (χ0v) is 19.3. The van der Waals surface area contributed by atoms with E-state index < -0.39 is 0 Å². The van der Waals surface area contributed by atoms with Crippen molar-refractivity contribution in [1.82, 2.24) is 10.2 Å². The first-order chi connectivity index (χ1) is 15.5. The molecule has 0 bridgehead atoms. The Morgan fingerprint density at radius 3 is 2.38 bits per heavy atom. The SMILES string of the molecule is Cc1cccc(C(=O)NC(=S)Nc2ccc(N3CCN(C(=O)c4cccs4)CC3)cc2)c1. The van der Waals surface area contributed by atoms with Gasteiger partial charge in [0.1, 0.15) is 0 Å². The van der Waals surface area contributed by atoms with E-state index in [9.17, 15) is 9.59 Å². The first-order valence-electron chi connectivity index (χ1n) is 10.4. The second kappa shape index (κ2) is 9.93. The molecule has 1 fully saturated rings. The lowest BCUT2D eigenvalue weighted by Crippen LogP contribution is -2.48. The number of thiophene rings is 1. The summed E-state index contributed by atoms with van der Waals surface area (Å²) in [7, 11) is 0. The number of hydrogen-bond donors (Lipinski definition) is 2. The Kier molecular flexibility index (Phi) is 6.82. The Hall–Kier alpha value is -3.23. The molecule has 1 aliphatic heterocycles. The van der Waals surface area contributed by atoms with E-state index in [1.165, 1.54) is 11.3 Å². The predicted octanol–water partition coefficient (Wildman–Crippen LogP) is 4.15. The number of nitrogens with one attached hydrogen (secondary N) is 2. The average Bonchev–Trinajstić information content (AvgIpc) is 3.34. The number of thiocarbonyl (C=S) groups is 1. The summed E-state index contributed by atoms with van der Waals surface area (Å²) in [6.07, 6.45) is 0. The van der Waals surface area contributed by atoms with Crippen LogP contribution in [0.4, 0.5) is 11.4 Å². The summed E-state index contributed by atoms with van der Waals surface area (Å²) in [5, 5.41) is 7.95. The van der Waals surface area contributed by atoms with Crippen molar-refractivity contribution in [1.29, 1.82) is 0 Å². The smallest absolute Gasteiger partial charge is 0.264 e. The fraction of sp³-hybridized carbons (Fsp3) is 0.208. The molecule has 0 atom stereocenters. The molecule has 8 heteroatoms. The van der Waals surface area contributed by atoms with Gasteiger partial charge >= 0.3 is 0 Å². The molecule has 1 saturated heterocycles. The number of anilines is 2. The van der Waals surface area contributed by atoms with Gasteiger partial charge in [0.05, 0.1) is 4.88 Å². The fourth-order valence-electron chi connectivity index (χ4n) is 3.60. The summed E-state index contributed by atoms with van der Waals surface area (Å²) < 4.78 is 0. The van der Waals surface area contributed by atoms with E-state index >= 15 is 0 Å². The van der Waals surface area contributed by atoms with Gasteiger partial charge in [-0.3, -0.25) is 14.9 Å². The van der Waals surface area contributed by atoms with Crippen molar-refractivity contribution in [3.63, 3.8) is 0 Å². The molecular weight excluding hydrogens is 440 g/mol. The highest BCUT2D eigenvalue weighted by atomic mass is 32.1. The monoisotopic (exact) mass is 464 g/mol. The standard InChI is InChI=1S/C24H24N4O2S2/c1-17-4-2-5-18(16-17)22(29)26-24(31)25-19-7-9-20(10-8-19)27-11-13-28(14-12-27)23(30)21-6-3-15-32-21/h2-10,15-16H,11-14H2,1H3,(H2,25,26,29,31). The molecule has 1 aromatic heterocycles. The first-order valence-corrected chi connectivity index (χ1v) is 11.7. The van der Waals surface area contributed by atoms with Gasteiger partial charge in [0.25, 0.3) is 11.8 Å². The summed E-state index contributed by atoms with van der Waals surface area (Å²) >= 11 is 6.77. The van der Waals surface area contributed by atoms with Crippen molar-refractivity contribution in [2.45, 2.75) is 6.92 Å². The molecule has 0 radical (unpaired) electrons. The summed E-state index contributed by atoms with van der Waals surface area (Å²) in [5.74, 6) is -0.127. The van der Waals surface area contributed by atoms with Crippen LogP contribution in [0.15, 0.2) is 66.0 Å². The van der Waals surface area contributed by atoms with Gasteiger partial charge in [0.15, 0.2) is 5.11 Å². The zero-order chi connectivity index (χ0) is 22.5. The second-order valence-corrected chi connectivity index (χ2v) is 8.94. The number of hydrogen-bond acceptors (Lipinski definition) is 5. The molecule has 32 heavy (non-hydrogen) atoms. The molecule has 2 heterocycles. The molecule has 3 aromatic rings. The number of piperazine rings is 1. The van der Waals surface area contributed by atoms with E-state index in [0.29, 0.717) is 18.7 Å². The third-order valence-electron chi connectivity index (χ3n) is 5.30. The van der Waals surface area contributed by atoms with Gasteiger partial charge in [0.2, 0.25) is 0 Å². The molecule has 0 aliphatic carbocycles. The molecule has 2 N–H and O–H groups in total. The van der Waals surface area contributed by atoms with E-state index in [2.05, 4.69) is 15.5 Å². The Morgan fingerprint density at radius 1 is 0.969 bits per heavy atom. The minimum Gasteiger partial charge on any atom is -0.368 e.